The van der Waals surface area contributed by atoms with Crippen LogP contribution in [0.2, 0.25) is 13.1 Å². The van der Waals surface area contributed by atoms with Crippen LogP contribution in [0.4, 0.5) is 0 Å². The summed E-state index contributed by atoms with van der Waals surface area (Å²) >= 11 is 0. The molecule has 0 aliphatic rings. The van der Waals surface area contributed by atoms with Gasteiger partial charge in [-0.2, -0.15) is 0 Å². The summed E-state index contributed by atoms with van der Waals surface area (Å²) in [5.41, 5.74) is 0. The van der Waals surface area contributed by atoms with Gasteiger partial charge in [0.1, 0.15) is 0 Å². The lowest BCUT2D eigenvalue weighted by molar-refractivity contribution is 1.85. The van der Waals surface area contributed by atoms with Crippen molar-refractivity contribution >= 4 is 8.80 Å². The van der Waals surface area contributed by atoms with E-state index in [0.717, 1.165) is 0 Å². The van der Waals surface area contributed by atoms with Gasteiger partial charge < -0.3 is 0 Å². The first kappa shape index (κ1) is 5.96. The number of allylic oxidation sites excluding steroid dienone is 1. The third kappa shape index (κ3) is 3.96. The molecule has 0 spiro atoms. The van der Waals surface area contributed by atoms with Crippen molar-refractivity contribution in [1.29, 1.82) is 0 Å². The molecule has 0 amide bonds. The van der Waals surface area contributed by atoms with Crippen LogP contribution < -0.4 is 0 Å². The molecule has 6 heavy (non-hydrogen) atoms. The van der Waals surface area contributed by atoms with Gasteiger partial charge in [0.2, 0.25) is 0 Å². The zero-order valence-corrected chi connectivity index (χ0v) is 5.59. The van der Waals surface area contributed by atoms with E-state index in [9.17, 15) is 0 Å². The minimum absolute atomic E-state index is 0.414. The number of hydrogen-bond acceptors (Lipinski definition) is 0. The van der Waals surface area contributed by atoms with Gasteiger partial charge in [0, 0.05) is 8.80 Å². The van der Waals surface area contributed by atoms with Gasteiger partial charge in [0.15, 0.2) is 0 Å². The molecule has 0 aromatic heterocycles. The van der Waals surface area contributed by atoms with E-state index < -0.39 is 8.80 Å². The molecular weight excluding hydrogens is 88.1 g/mol. The average molecular weight is 99.2 g/mol. The van der Waals surface area contributed by atoms with Crippen molar-refractivity contribution in [2.45, 2.75) is 13.1 Å². The predicted octanol–water partition coefficient (Wildman–Crippen LogP) is 1.40. The average Bonchev–Trinajstić information content (AvgIpc) is 1.35. The molecule has 0 fully saturated rings. The van der Waals surface area contributed by atoms with Gasteiger partial charge in [-0.25, -0.2) is 0 Å². The summed E-state index contributed by atoms with van der Waals surface area (Å²) in [6.45, 7) is 8.11. The van der Waals surface area contributed by atoms with Crippen LogP contribution in [0.25, 0.3) is 0 Å². The predicted molar refractivity (Wildman–Crippen MR) is 33.4 cm³/mol. The van der Waals surface area contributed by atoms with Gasteiger partial charge in [-0.05, 0) is 6.04 Å². The molecule has 35 valence electrons. The van der Waals surface area contributed by atoms with Crippen LogP contribution >= 0.6 is 0 Å². The summed E-state index contributed by atoms with van der Waals surface area (Å²) in [6.07, 6.45) is 1.89. The zero-order chi connectivity index (χ0) is 4.99. The molecule has 0 N–H and O–H groups in total. The Kier molecular flexibility index (Phi) is 3.14. The molecule has 0 aliphatic heterocycles. The molecule has 0 heterocycles. The summed E-state index contributed by atoms with van der Waals surface area (Å²) in [4.78, 5) is 0. The molecule has 1 radical (unpaired) electrons. The van der Waals surface area contributed by atoms with Crippen LogP contribution in [0.15, 0.2) is 12.7 Å². The molecule has 0 aromatic carbocycles. The molecule has 0 nitrogen and oxygen atoms in total. The van der Waals surface area contributed by atoms with Crippen LogP contribution in [-0.2, 0) is 0 Å². The molecule has 0 rings (SSSR count). The lowest BCUT2D eigenvalue weighted by Crippen LogP contribution is -1.96. The highest BCUT2D eigenvalue weighted by atomic mass is 28.3. The normalized spacial score (nSPS) is 9.17. The van der Waals surface area contributed by atoms with Gasteiger partial charge in [0.05, 0.1) is 0 Å². The Hall–Kier alpha value is -0.0431. The smallest absolute Gasteiger partial charge is 0.0383 e. The van der Waals surface area contributed by atoms with Crippen LogP contribution in [0, 0.1) is 6.04 Å². The summed E-state index contributed by atoms with van der Waals surface area (Å²) in [5, 5.41) is 0. The van der Waals surface area contributed by atoms with Gasteiger partial charge in [-0.15, -0.1) is 6.58 Å². The van der Waals surface area contributed by atoms with Crippen molar-refractivity contribution in [3.8, 4) is 0 Å². The van der Waals surface area contributed by atoms with E-state index >= 15 is 0 Å². The molecule has 0 unspecified atom stereocenters. The lowest BCUT2D eigenvalue weighted by atomic mass is 10.8. The van der Waals surface area contributed by atoms with Gasteiger partial charge in [0.25, 0.3) is 0 Å². The fraction of sp³-hybridized carbons (Fsp3) is 0.400. The molecule has 0 saturated carbocycles. The Morgan fingerprint density at radius 2 is 2.00 bits per heavy atom. The monoisotopic (exact) mass is 99.1 g/mol. The fourth-order valence-corrected chi connectivity index (χ4v) is 0.816. The molecule has 0 atom stereocenters. The maximum atomic E-state index is 3.58. The first-order valence-electron chi connectivity index (χ1n) is 2.23. The third-order valence-corrected chi connectivity index (χ3v) is 1.56. The van der Waals surface area contributed by atoms with Crippen LogP contribution in [-0.4, -0.2) is 8.80 Å². The molecular formula is C5H11Si. The first-order valence-corrected chi connectivity index (χ1v) is 5.21. The third-order valence-electron chi connectivity index (χ3n) is 0.521. The number of hydrogen-bond donors (Lipinski definition) is 0. The SMILES string of the molecule is C=C[CH][SiH](C)C. The van der Waals surface area contributed by atoms with E-state index in [1.807, 2.05) is 6.08 Å². The highest BCUT2D eigenvalue weighted by Gasteiger charge is 1.86. The Morgan fingerprint density at radius 3 is 2.00 bits per heavy atom. The largest absolute Gasteiger partial charge is 0.103 e. The maximum Gasteiger partial charge on any atom is 0.0383 e. The minimum Gasteiger partial charge on any atom is -0.103 e. The quantitative estimate of drug-likeness (QED) is 0.459. The second kappa shape index (κ2) is 3.16. The number of rotatable bonds is 2. The second-order valence-corrected chi connectivity index (χ2v) is 4.55. The van der Waals surface area contributed by atoms with E-state index in [2.05, 4.69) is 25.7 Å². The summed E-state index contributed by atoms with van der Waals surface area (Å²) in [5.74, 6) is 0. The summed E-state index contributed by atoms with van der Waals surface area (Å²) in [6, 6.07) is 2.19. The van der Waals surface area contributed by atoms with E-state index in [0.29, 0.717) is 0 Å². The standard InChI is InChI=1S/C5H11Si/c1-4-5-6(2)3/h4-6H,1H2,2-3H3. The van der Waals surface area contributed by atoms with Crippen molar-refractivity contribution in [2.24, 2.45) is 0 Å². The van der Waals surface area contributed by atoms with Crippen LogP contribution in [0.1, 0.15) is 0 Å². The van der Waals surface area contributed by atoms with Gasteiger partial charge in [-0.3, -0.25) is 0 Å². The van der Waals surface area contributed by atoms with E-state index in [1.54, 1.807) is 0 Å². The molecule has 1 heteroatoms. The minimum atomic E-state index is -0.414. The Balaban J connectivity index is 2.81. The first-order chi connectivity index (χ1) is 2.77. The molecule has 0 aliphatic carbocycles. The van der Waals surface area contributed by atoms with Gasteiger partial charge >= 0.3 is 0 Å². The maximum absolute atomic E-state index is 3.58. The molecule has 0 bridgehead atoms. The van der Waals surface area contributed by atoms with Crippen molar-refractivity contribution in [2.75, 3.05) is 0 Å². The highest BCUT2D eigenvalue weighted by Crippen LogP contribution is 1.83. The van der Waals surface area contributed by atoms with E-state index in [1.165, 1.54) is 0 Å². The lowest BCUT2D eigenvalue weighted by Gasteiger charge is -1.89. The zero-order valence-electron chi connectivity index (χ0n) is 4.44. The van der Waals surface area contributed by atoms with Crippen molar-refractivity contribution in [1.82, 2.24) is 0 Å². The van der Waals surface area contributed by atoms with E-state index in [4.69, 9.17) is 0 Å². The van der Waals surface area contributed by atoms with Crippen molar-refractivity contribution in [3.05, 3.63) is 18.7 Å². The van der Waals surface area contributed by atoms with Crippen LogP contribution in [0.3, 0.4) is 0 Å². The summed E-state index contributed by atoms with van der Waals surface area (Å²) in [7, 11) is -0.414. The van der Waals surface area contributed by atoms with Gasteiger partial charge in [-0.1, -0.05) is 19.2 Å². The van der Waals surface area contributed by atoms with E-state index in [-0.39, 0.29) is 0 Å². The Morgan fingerprint density at radius 1 is 1.50 bits per heavy atom. The van der Waals surface area contributed by atoms with Crippen molar-refractivity contribution in [3.63, 3.8) is 0 Å². The Labute approximate surface area is 41.5 Å². The van der Waals surface area contributed by atoms with Crippen molar-refractivity contribution < 1.29 is 0 Å². The Bertz CT molecular complexity index is 39.2. The topological polar surface area (TPSA) is 0 Å². The fourth-order valence-electron chi connectivity index (χ4n) is 0.272. The molecule has 0 aromatic rings. The highest BCUT2D eigenvalue weighted by molar-refractivity contribution is 6.60. The summed E-state index contributed by atoms with van der Waals surface area (Å²) < 4.78 is 0. The molecule has 0 saturated heterocycles. The second-order valence-electron chi connectivity index (χ2n) is 1.67. The van der Waals surface area contributed by atoms with Crippen LogP contribution in [0.5, 0.6) is 0 Å².